The number of hydrogen-bond acceptors (Lipinski definition) is 7. The lowest BCUT2D eigenvalue weighted by atomic mass is 10.1. The van der Waals surface area contributed by atoms with Gasteiger partial charge in [0.05, 0.1) is 23.0 Å². The maximum absolute atomic E-state index is 14.5. The van der Waals surface area contributed by atoms with Gasteiger partial charge in [-0.15, -0.1) is 0 Å². The van der Waals surface area contributed by atoms with Crippen LogP contribution in [0.25, 0.3) is 11.4 Å². The van der Waals surface area contributed by atoms with Crippen LogP contribution in [0.5, 0.6) is 5.75 Å². The molecule has 0 bridgehead atoms. The van der Waals surface area contributed by atoms with Crippen LogP contribution in [0.1, 0.15) is 26.3 Å². The summed E-state index contributed by atoms with van der Waals surface area (Å²) in [6.45, 7) is 0.112. The van der Waals surface area contributed by atoms with Crippen LogP contribution >= 0.6 is 11.6 Å². The topological polar surface area (TPSA) is 132 Å². The lowest BCUT2D eigenvalue weighted by Crippen LogP contribution is -2.19. The van der Waals surface area contributed by atoms with Gasteiger partial charge in [-0.25, -0.2) is 14.4 Å². The molecule has 0 radical (unpaired) electrons. The van der Waals surface area contributed by atoms with E-state index < -0.39 is 11.7 Å². The second-order valence-electron chi connectivity index (χ2n) is 7.51. The van der Waals surface area contributed by atoms with Gasteiger partial charge in [0.2, 0.25) is 5.91 Å². The molecular weight excluding hydrogens is 487 g/mol. The minimum absolute atomic E-state index is 0.0613. The van der Waals surface area contributed by atoms with Crippen LogP contribution in [0.15, 0.2) is 67.1 Å². The third-order valence-corrected chi connectivity index (χ3v) is 5.34. The van der Waals surface area contributed by atoms with Gasteiger partial charge in [-0.3, -0.25) is 14.6 Å². The summed E-state index contributed by atoms with van der Waals surface area (Å²) >= 11 is 6.04. The number of carbonyl (C=O) groups excluding carboxylic acids is 2. The Morgan fingerprint density at radius 3 is 2.61 bits per heavy atom. The first-order valence-corrected chi connectivity index (χ1v) is 11.0. The van der Waals surface area contributed by atoms with E-state index in [1.54, 1.807) is 30.3 Å². The second-order valence-corrected chi connectivity index (χ2v) is 7.94. The SMILES string of the molecule is CNC(=O)c1cnccc1Nc1nc(-c2cc(Cl)ccc2F)ncc1OCc1ccc(C(N)=O)cc1. The molecule has 2 aromatic heterocycles. The van der Waals surface area contributed by atoms with Crippen LogP contribution in [-0.4, -0.2) is 33.8 Å². The van der Waals surface area contributed by atoms with Gasteiger partial charge in [0.1, 0.15) is 12.4 Å². The number of nitrogens with two attached hydrogens (primary N) is 1. The molecule has 2 heterocycles. The largest absolute Gasteiger partial charge is 0.483 e. The van der Waals surface area contributed by atoms with E-state index in [0.717, 1.165) is 5.56 Å². The number of amides is 2. The molecule has 9 nitrogen and oxygen atoms in total. The van der Waals surface area contributed by atoms with E-state index in [0.29, 0.717) is 16.3 Å². The number of halogens is 2. The Morgan fingerprint density at radius 2 is 1.89 bits per heavy atom. The fourth-order valence-corrected chi connectivity index (χ4v) is 3.41. The molecule has 0 fully saturated rings. The molecule has 0 aliphatic carbocycles. The van der Waals surface area contributed by atoms with Gasteiger partial charge in [0.25, 0.3) is 5.91 Å². The van der Waals surface area contributed by atoms with Crippen molar-refractivity contribution in [3.63, 3.8) is 0 Å². The van der Waals surface area contributed by atoms with E-state index in [1.807, 2.05) is 0 Å². The number of primary amides is 1. The van der Waals surface area contributed by atoms with Gasteiger partial charge in [-0.1, -0.05) is 23.7 Å². The quantitative estimate of drug-likeness (QED) is 0.327. The molecule has 4 aromatic rings. The molecule has 0 saturated carbocycles. The zero-order valence-corrected chi connectivity index (χ0v) is 19.7. The molecule has 11 heteroatoms. The van der Waals surface area contributed by atoms with E-state index in [4.69, 9.17) is 22.1 Å². The molecule has 4 rings (SSSR count). The van der Waals surface area contributed by atoms with Crippen molar-refractivity contribution in [1.82, 2.24) is 20.3 Å². The smallest absolute Gasteiger partial charge is 0.254 e. The van der Waals surface area contributed by atoms with Crippen molar-refractivity contribution in [3.8, 4) is 17.1 Å². The summed E-state index contributed by atoms with van der Waals surface area (Å²) in [6, 6.07) is 12.3. The molecule has 0 atom stereocenters. The minimum atomic E-state index is -0.552. The van der Waals surface area contributed by atoms with Crippen LogP contribution in [0.2, 0.25) is 5.02 Å². The first kappa shape index (κ1) is 24.6. The van der Waals surface area contributed by atoms with Gasteiger partial charge in [-0.2, -0.15) is 0 Å². The third kappa shape index (κ3) is 5.56. The third-order valence-electron chi connectivity index (χ3n) is 5.10. The molecule has 2 amide bonds. The van der Waals surface area contributed by atoms with Crippen molar-refractivity contribution in [2.75, 3.05) is 12.4 Å². The highest BCUT2D eigenvalue weighted by atomic mass is 35.5. The molecule has 182 valence electrons. The van der Waals surface area contributed by atoms with Crippen molar-refractivity contribution in [2.45, 2.75) is 6.61 Å². The number of aromatic nitrogens is 3. The van der Waals surface area contributed by atoms with Crippen LogP contribution in [-0.2, 0) is 6.61 Å². The standard InChI is InChI=1S/C25H20ClFN6O3/c1-29-25(35)18-11-30-9-8-20(18)32-24-21(36-13-14-2-4-15(5-3-14)22(28)34)12-31-23(33-24)17-10-16(26)6-7-19(17)27/h2-12H,13H2,1H3,(H2,28,34)(H,29,35)(H,30,31,32,33). The summed E-state index contributed by atoms with van der Waals surface area (Å²) < 4.78 is 20.4. The predicted octanol–water partition coefficient (Wildman–Crippen LogP) is 4.11. The Bertz CT molecular complexity index is 1430. The first-order valence-electron chi connectivity index (χ1n) is 10.6. The summed E-state index contributed by atoms with van der Waals surface area (Å²) in [7, 11) is 1.50. The number of hydrogen-bond donors (Lipinski definition) is 3. The summed E-state index contributed by atoms with van der Waals surface area (Å²) in [4.78, 5) is 36.3. The number of ether oxygens (including phenoxy) is 1. The normalized spacial score (nSPS) is 10.5. The highest BCUT2D eigenvalue weighted by Gasteiger charge is 2.17. The lowest BCUT2D eigenvalue weighted by Gasteiger charge is -2.15. The van der Waals surface area contributed by atoms with Gasteiger partial charge in [-0.05, 0) is 42.0 Å². The maximum Gasteiger partial charge on any atom is 0.254 e. The Labute approximate surface area is 210 Å². The molecule has 0 spiro atoms. The van der Waals surface area contributed by atoms with Gasteiger partial charge < -0.3 is 21.1 Å². The number of anilines is 2. The van der Waals surface area contributed by atoms with Crippen LogP contribution in [0, 0.1) is 5.82 Å². The van der Waals surface area contributed by atoms with Crippen molar-refractivity contribution >= 4 is 34.9 Å². The highest BCUT2D eigenvalue weighted by molar-refractivity contribution is 6.30. The summed E-state index contributed by atoms with van der Waals surface area (Å²) in [5.41, 5.74) is 7.17. The summed E-state index contributed by atoms with van der Waals surface area (Å²) in [5, 5.41) is 5.94. The molecule has 4 N–H and O–H groups in total. The molecule has 0 saturated heterocycles. The fourth-order valence-electron chi connectivity index (χ4n) is 3.24. The van der Waals surface area contributed by atoms with Crippen molar-refractivity contribution in [2.24, 2.45) is 5.73 Å². The van der Waals surface area contributed by atoms with Crippen molar-refractivity contribution in [1.29, 1.82) is 0 Å². The average molecular weight is 507 g/mol. The fraction of sp³-hybridized carbons (Fsp3) is 0.0800. The second kappa shape index (κ2) is 10.8. The zero-order valence-electron chi connectivity index (χ0n) is 19.0. The van der Waals surface area contributed by atoms with Gasteiger partial charge in [0.15, 0.2) is 17.4 Å². The molecule has 36 heavy (non-hydrogen) atoms. The Balaban J connectivity index is 1.71. The predicted molar refractivity (Wildman–Crippen MR) is 133 cm³/mol. The van der Waals surface area contributed by atoms with Crippen molar-refractivity contribution in [3.05, 3.63) is 94.7 Å². The molecule has 0 unspecified atom stereocenters. The number of nitrogens with one attached hydrogen (secondary N) is 2. The van der Waals surface area contributed by atoms with Gasteiger partial charge >= 0.3 is 0 Å². The van der Waals surface area contributed by atoms with E-state index in [9.17, 15) is 14.0 Å². The number of rotatable bonds is 8. The Kier molecular flexibility index (Phi) is 7.36. The average Bonchev–Trinajstić information content (AvgIpc) is 2.89. The van der Waals surface area contributed by atoms with Crippen molar-refractivity contribution < 1.29 is 18.7 Å². The summed E-state index contributed by atoms with van der Waals surface area (Å²) in [6.07, 6.45) is 4.30. The first-order chi connectivity index (χ1) is 17.4. The monoisotopic (exact) mass is 506 g/mol. The van der Waals surface area contributed by atoms with E-state index >= 15 is 0 Å². The minimum Gasteiger partial charge on any atom is -0.483 e. The molecule has 2 aromatic carbocycles. The number of benzene rings is 2. The molecular formula is C25H20ClFN6O3. The zero-order chi connectivity index (χ0) is 25.7. The van der Waals surface area contributed by atoms with Crippen LogP contribution in [0.4, 0.5) is 15.9 Å². The van der Waals surface area contributed by atoms with E-state index in [1.165, 1.54) is 43.8 Å². The summed E-state index contributed by atoms with van der Waals surface area (Å²) in [5.74, 6) is -0.965. The number of nitrogens with zero attached hydrogens (tertiary/aromatic N) is 3. The number of carbonyl (C=O) groups is 2. The van der Waals surface area contributed by atoms with E-state index in [-0.39, 0.29) is 41.0 Å². The Hall–Kier alpha value is -4.57. The number of pyridine rings is 1. The highest BCUT2D eigenvalue weighted by Crippen LogP contribution is 2.31. The lowest BCUT2D eigenvalue weighted by molar-refractivity contribution is 0.0962. The maximum atomic E-state index is 14.5. The molecule has 0 aliphatic rings. The van der Waals surface area contributed by atoms with Gasteiger partial charge in [0, 0.05) is 30.0 Å². The van der Waals surface area contributed by atoms with E-state index in [2.05, 4.69) is 25.6 Å². The van der Waals surface area contributed by atoms with Crippen LogP contribution in [0.3, 0.4) is 0 Å². The molecule has 0 aliphatic heterocycles. The van der Waals surface area contributed by atoms with Crippen LogP contribution < -0.4 is 21.1 Å². The Morgan fingerprint density at radius 1 is 1.11 bits per heavy atom.